The molecule has 0 saturated heterocycles. The van der Waals surface area contributed by atoms with Crippen LogP contribution in [0.25, 0.3) is 0 Å². The Morgan fingerprint density at radius 3 is 1.82 bits per heavy atom. The van der Waals surface area contributed by atoms with Gasteiger partial charge in [-0.2, -0.15) is 0 Å². The van der Waals surface area contributed by atoms with E-state index in [4.69, 9.17) is 0 Å². The van der Waals surface area contributed by atoms with Crippen molar-refractivity contribution in [2.75, 3.05) is 0 Å². The molecule has 4 rings (SSSR count). The van der Waals surface area contributed by atoms with Gasteiger partial charge in [-0.25, -0.2) is 0 Å². The molecule has 0 aromatic heterocycles. The minimum atomic E-state index is 0.00417. The average Bonchev–Trinajstić information content (AvgIpc) is 2.23. The van der Waals surface area contributed by atoms with Gasteiger partial charge in [-0.3, -0.25) is 4.79 Å². The molecule has 4 fully saturated rings. The molecule has 0 N–H and O–H groups in total. The fraction of sp³-hybridized carbons (Fsp3) is 0.867. The molecule has 2 nitrogen and oxygen atoms in total. The zero-order valence-corrected chi connectivity index (χ0v) is 10.7. The highest BCUT2D eigenvalue weighted by atomic mass is 16.1. The highest BCUT2D eigenvalue weighted by molar-refractivity contribution is 5.89. The molecule has 94 valence electrons. The van der Waals surface area contributed by atoms with Crippen molar-refractivity contribution in [1.29, 1.82) is 0 Å². The molecule has 2 heteroatoms. The normalized spacial score (nSPS) is 42.8. The Bertz CT molecular complexity index is 321. The summed E-state index contributed by atoms with van der Waals surface area (Å²) in [5.41, 5.74) is 0.00417. The van der Waals surface area contributed by atoms with Gasteiger partial charge in [-0.15, -0.1) is 0 Å². The van der Waals surface area contributed by atoms with Crippen molar-refractivity contribution < 1.29 is 9.59 Å². The van der Waals surface area contributed by atoms with Crippen molar-refractivity contribution in [3.8, 4) is 0 Å². The van der Waals surface area contributed by atoms with Gasteiger partial charge in [0, 0.05) is 18.3 Å². The minimum Gasteiger partial charge on any atom is -0.300 e. The Hall–Kier alpha value is -0.660. The number of rotatable bonds is 4. The third kappa shape index (κ3) is 1.96. The molecule has 0 aromatic rings. The van der Waals surface area contributed by atoms with Gasteiger partial charge < -0.3 is 4.79 Å². The second kappa shape index (κ2) is 3.93. The van der Waals surface area contributed by atoms with E-state index in [-0.39, 0.29) is 11.2 Å². The lowest BCUT2D eigenvalue weighted by molar-refractivity contribution is -0.144. The van der Waals surface area contributed by atoms with Crippen molar-refractivity contribution in [2.24, 2.45) is 23.2 Å². The van der Waals surface area contributed by atoms with Gasteiger partial charge in [0.15, 0.2) is 0 Å². The molecule has 0 amide bonds. The van der Waals surface area contributed by atoms with Gasteiger partial charge >= 0.3 is 0 Å². The number of hydrogen-bond donors (Lipinski definition) is 0. The SMILES string of the molecule is CC(=O)CCC(=O)C12CC3CC(CC(C3)C1)C2. The van der Waals surface area contributed by atoms with E-state index in [0.29, 0.717) is 18.6 Å². The average molecular weight is 234 g/mol. The standard InChI is InChI=1S/C15H22O2/c1-10(16)2-3-14(17)15-7-11-4-12(8-15)6-13(5-11)9-15/h11-13H,2-9H2,1H3. The lowest BCUT2D eigenvalue weighted by Gasteiger charge is -2.56. The molecule has 4 aliphatic rings. The summed E-state index contributed by atoms with van der Waals surface area (Å²) >= 11 is 0. The summed E-state index contributed by atoms with van der Waals surface area (Å²) in [5.74, 6) is 3.03. The molecular weight excluding hydrogens is 212 g/mol. The lowest BCUT2D eigenvalue weighted by Crippen LogP contribution is -2.50. The molecule has 4 saturated carbocycles. The van der Waals surface area contributed by atoms with Crippen LogP contribution in [0.4, 0.5) is 0 Å². The van der Waals surface area contributed by atoms with Crippen molar-refractivity contribution in [3.05, 3.63) is 0 Å². The van der Waals surface area contributed by atoms with Gasteiger partial charge in [0.05, 0.1) is 0 Å². The van der Waals surface area contributed by atoms with Crippen LogP contribution in [-0.4, -0.2) is 11.6 Å². The van der Waals surface area contributed by atoms with Crippen LogP contribution in [0.1, 0.15) is 58.3 Å². The van der Waals surface area contributed by atoms with Crippen LogP contribution in [0.5, 0.6) is 0 Å². The third-order valence-electron chi connectivity index (χ3n) is 5.33. The molecule has 4 aliphatic carbocycles. The first kappa shape index (κ1) is 11.4. The van der Waals surface area contributed by atoms with E-state index < -0.39 is 0 Å². The first-order chi connectivity index (χ1) is 8.07. The molecule has 0 aromatic carbocycles. The second-order valence-corrected chi connectivity index (χ2v) is 6.82. The van der Waals surface area contributed by atoms with Crippen molar-refractivity contribution in [3.63, 3.8) is 0 Å². The number of carbonyl (C=O) groups is 2. The van der Waals surface area contributed by atoms with Crippen molar-refractivity contribution in [2.45, 2.75) is 58.3 Å². The molecule has 0 radical (unpaired) electrons. The summed E-state index contributed by atoms with van der Waals surface area (Å²) in [4.78, 5) is 23.5. The van der Waals surface area contributed by atoms with Crippen LogP contribution >= 0.6 is 0 Å². The number of Topliss-reactive ketones (excluding diaryl/α,β-unsaturated/α-hetero) is 2. The fourth-order valence-electron chi connectivity index (χ4n) is 5.01. The molecule has 0 heterocycles. The van der Waals surface area contributed by atoms with E-state index in [1.54, 1.807) is 6.92 Å². The van der Waals surface area contributed by atoms with Crippen LogP contribution in [0.2, 0.25) is 0 Å². The summed E-state index contributed by atoms with van der Waals surface area (Å²) in [5, 5.41) is 0. The van der Waals surface area contributed by atoms with Gasteiger partial charge in [0.25, 0.3) is 0 Å². The van der Waals surface area contributed by atoms with E-state index in [1.807, 2.05) is 0 Å². The van der Waals surface area contributed by atoms with Gasteiger partial charge in [-0.05, 0) is 63.2 Å². The Labute approximate surface area is 103 Å². The van der Waals surface area contributed by atoms with Crippen LogP contribution in [0.15, 0.2) is 0 Å². The zero-order valence-electron chi connectivity index (χ0n) is 10.7. The third-order valence-corrected chi connectivity index (χ3v) is 5.33. The maximum atomic E-state index is 12.4. The van der Waals surface area contributed by atoms with Crippen molar-refractivity contribution in [1.82, 2.24) is 0 Å². The molecule has 0 spiro atoms. The first-order valence-corrected chi connectivity index (χ1v) is 7.10. The lowest BCUT2D eigenvalue weighted by atomic mass is 9.48. The number of ketones is 2. The largest absolute Gasteiger partial charge is 0.300 e. The van der Waals surface area contributed by atoms with Gasteiger partial charge in [-0.1, -0.05) is 0 Å². The maximum absolute atomic E-state index is 12.4. The van der Waals surface area contributed by atoms with E-state index >= 15 is 0 Å². The number of carbonyl (C=O) groups excluding carboxylic acids is 2. The Kier molecular flexibility index (Phi) is 2.64. The summed E-state index contributed by atoms with van der Waals surface area (Å²) in [6.07, 6.45) is 8.49. The summed E-state index contributed by atoms with van der Waals surface area (Å²) in [6, 6.07) is 0. The molecule has 0 atom stereocenters. The second-order valence-electron chi connectivity index (χ2n) is 6.82. The fourth-order valence-corrected chi connectivity index (χ4v) is 5.01. The van der Waals surface area contributed by atoms with E-state index in [9.17, 15) is 9.59 Å². The van der Waals surface area contributed by atoms with E-state index in [1.165, 1.54) is 19.3 Å². The highest BCUT2D eigenvalue weighted by Gasteiger charge is 2.53. The topological polar surface area (TPSA) is 34.1 Å². The van der Waals surface area contributed by atoms with Crippen molar-refractivity contribution >= 4 is 11.6 Å². The predicted molar refractivity (Wildman–Crippen MR) is 65.5 cm³/mol. The number of hydrogen-bond acceptors (Lipinski definition) is 2. The predicted octanol–water partition coefficient (Wildman–Crippen LogP) is 3.14. The summed E-state index contributed by atoms with van der Waals surface area (Å²) in [7, 11) is 0. The van der Waals surface area contributed by atoms with Gasteiger partial charge in [0.1, 0.15) is 11.6 Å². The minimum absolute atomic E-state index is 0.00417. The maximum Gasteiger partial charge on any atom is 0.139 e. The zero-order chi connectivity index (χ0) is 12.0. The molecule has 0 aliphatic heterocycles. The highest BCUT2D eigenvalue weighted by Crippen LogP contribution is 2.60. The monoisotopic (exact) mass is 234 g/mol. The van der Waals surface area contributed by atoms with E-state index in [0.717, 1.165) is 37.0 Å². The summed E-state index contributed by atoms with van der Waals surface area (Å²) in [6.45, 7) is 1.59. The smallest absolute Gasteiger partial charge is 0.139 e. The molecule has 17 heavy (non-hydrogen) atoms. The first-order valence-electron chi connectivity index (χ1n) is 7.10. The molecule has 4 bridgehead atoms. The Morgan fingerprint density at radius 1 is 0.941 bits per heavy atom. The Morgan fingerprint density at radius 2 is 1.41 bits per heavy atom. The van der Waals surface area contributed by atoms with Crippen LogP contribution in [0.3, 0.4) is 0 Å². The van der Waals surface area contributed by atoms with Crippen LogP contribution < -0.4 is 0 Å². The van der Waals surface area contributed by atoms with Crippen LogP contribution in [-0.2, 0) is 9.59 Å². The molecule has 0 unspecified atom stereocenters. The van der Waals surface area contributed by atoms with Crippen LogP contribution in [0, 0.1) is 23.2 Å². The quantitative estimate of drug-likeness (QED) is 0.749. The Balaban J connectivity index is 1.73. The van der Waals surface area contributed by atoms with Gasteiger partial charge in [0.2, 0.25) is 0 Å². The molecular formula is C15H22O2. The summed E-state index contributed by atoms with van der Waals surface area (Å²) < 4.78 is 0. The van der Waals surface area contributed by atoms with E-state index in [2.05, 4.69) is 0 Å².